The fraction of sp³-hybridized carbons (Fsp3) is 0.200. The van der Waals surface area contributed by atoms with Crippen molar-refractivity contribution in [1.82, 2.24) is 4.98 Å². The molecule has 0 bridgehead atoms. The van der Waals surface area contributed by atoms with Crippen LogP contribution in [0.5, 0.6) is 0 Å². The molecular weight excluding hydrogens is 478 g/mol. The van der Waals surface area contributed by atoms with Crippen LogP contribution in [0.3, 0.4) is 0 Å². The number of rotatable bonds is 6. The maximum absolute atomic E-state index is 12.2. The molecule has 192 valence electrons. The van der Waals surface area contributed by atoms with E-state index < -0.39 is 5.91 Å². The van der Waals surface area contributed by atoms with Crippen LogP contribution < -0.4 is 11.1 Å². The molecule has 0 atom stereocenters. The number of fused-ring (bicyclic) bond motifs is 1. The number of nitrogens with zero attached hydrogens (tertiary/aromatic N) is 1. The summed E-state index contributed by atoms with van der Waals surface area (Å²) in [7, 11) is 0. The van der Waals surface area contributed by atoms with Crippen LogP contribution in [0.4, 0.5) is 5.69 Å². The SMILES string of the molecule is N=C(OC(=N)c1cccc2c(-c3ccc(C(N)=O)c(NC4CCC(O)CC4)c3)nccc12)c1ccccc1. The molecule has 5 rings (SSSR count). The maximum Gasteiger partial charge on any atom is 0.250 e. The van der Waals surface area contributed by atoms with Gasteiger partial charge in [-0.3, -0.25) is 20.6 Å². The van der Waals surface area contributed by atoms with Gasteiger partial charge in [0.2, 0.25) is 11.8 Å². The number of hydrogen-bond donors (Lipinski definition) is 5. The largest absolute Gasteiger partial charge is 0.421 e. The summed E-state index contributed by atoms with van der Waals surface area (Å²) in [5.41, 5.74) is 9.31. The molecule has 3 aromatic carbocycles. The van der Waals surface area contributed by atoms with Crippen LogP contribution >= 0.6 is 0 Å². The van der Waals surface area contributed by atoms with Crippen LogP contribution in [-0.4, -0.2) is 39.9 Å². The van der Waals surface area contributed by atoms with Crippen molar-refractivity contribution in [1.29, 1.82) is 10.8 Å². The van der Waals surface area contributed by atoms with Crippen molar-refractivity contribution in [2.75, 3.05) is 5.32 Å². The highest BCUT2D eigenvalue weighted by Gasteiger charge is 2.22. The molecule has 38 heavy (non-hydrogen) atoms. The molecule has 1 aliphatic rings. The van der Waals surface area contributed by atoms with Gasteiger partial charge in [0.25, 0.3) is 5.91 Å². The standard InChI is InChI=1S/C30H29N5O3/c31-28(37)25-14-9-19(17-26(25)35-20-10-12-21(36)13-11-20)27-23-7-4-8-24(22(23)15-16-34-27)30(33)38-29(32)18-5-2-1-3-6-18/h1-9,14-17,20-21,32-33,35-36H,10-13H2,(H2,31,37). The number of aliphatic hydroxyl groups excluding tert-OH is 1. The maximum atomic E-state index is 12.2. The predicted molar refractivity (Wildman–Crippen MR) is 149 cm³/mol. The van der Waals surface area contributed by atoms with Crippen LogP contribution in [-0.2, 0) is 4.74 Å². The summed E-state index contributed by atoms with van der Waals surface area (Å²) >= 11 is 0. The number of nitrogens with two attached hydrogens (primary N) is 1. The molecule has 4 aromatic rings. The first-order valence-corrected chi connectivity index (χ1v) is 12.6. The first-order valence-electron chi connectivity index (χ1n) is 12.6. The van der Waals surface area contributed by atoms with E-state index in [1.54, 1.807) is 30.5 Å². The van der Waals surface area contributed by atoms with Crippen LogP contribution in [0.15, 0.2) is 79.0 Å². The molecule has 8 nitrogen and oxygen atoms in total. The first-order chi connectivity index (χ1) is 18.4. The fourth-order valence-corrected chi connectivity index (χ4v) is 4.91. The lowest BCUT2D eigenvalue weighted by Crippen LogP contribution is -2.29. The lowest BCUT2D eigenvalue weighted by Gasteiger charge is -2.28. The Labute approximate surface area is 220 Å². The summed E-state index contributed by atoms with van der Waals surface area (Å²) in [6.07, 6.45) is 4.44. The molecule has 1 aliphatic carbocycles. The zero-order valence-corrected chi connectivity index (χ0v) is 20.8. The second-order valence-corrected chi connectivity index (χ2v) is 9.46. The van der Waals surface area contributed by atoms with Gasteiger partial charge in [-0.2, -0.15) is 0 Å². The zero-order chi connectivity index (χ0) is 26.6. The average molecular weight is 508 g/mol. The zero-order valence-electron chi connectivity index (χ0n) is 20.8. The highest BCUT2D eigenvalue weighted by atomic mass is 16.5. The van der Waals surface area contributed by atoms with E-state index in [2.05, 4.69) is 10.3 Å². The molecule has 0 aliphatic heterocycles. The van der Waals surface area contributed by atoms with E-state index in [0.29, 0.717) is 40.9 Å². The van der Waals surface area contributed by atoms with Crippen molar-refractivity contribution in [3.63, 3.8) is 0 Å². The van der Waals surface area contributed by atoms with Crippen molar-refractivity contribution in [3.8, 4) is 11.3 Å². The quantitative estimate of drug-likeness (QED) is 0.182. The molecule has 0 radical (unpaired) electrons. The summed E-state index contributed by atoms with van der Waals surface area (Å²) in [4.78, 5) is 16.8. The topological polar surface area (TPSA) is 145 Å². The van der Waals surface area contributed by atoms with Gasteiger partial charge in [-0.25, -0.2) is 0 Å². The first kappa shape index (κ1) is 25.1. The molecular formula is C30H29N5O3. The van der Waals surface area contributed by atoms with E-state index in [-0.39, 0.29) is 23.9 Å². The summed E-state index contributed by atoms with van der Waals surface area (Å²) in [6.45, 7) is 0. The molecule has 0 saturated heterocycles. The number of benzene rings is 3. The van der Waals surface area contributed by atoms with Gasteiger partial charge >= 0.3 is 0 Å². The van der Waals surface area contributed by atoms with Crippen LogP contribution in [0, 0.1) is 10.8 Å². The summed E-state index contributed by atoms with van der Waals surface area (Å²) in [6, 6.07) is 21.9. The molecule has 1 saturated carbocycles. The van der Waals surface area contributed by atoms with E-state index in [4.69, 9.17) is 21.3 Å². The Kier molecular flexibility index (Phi) is 7.15. The minimum atomic E-state index is -0.519. The predicted octanol–water partition coefficient (Wildman–Crippen LogP) is 5.08. The van der Waals surface area contributed by atoms with Crippen LogP contribution in [0.1, 0.15) is 47.2 Å². The number of carbonyl (C=O) groups is 1. The highest BCUT2D eigenvalue weighted by Crippen LogP contribution is 2.33. The van der Waals surface area contributed by atoms with Crippen molar-refractivity contribution in [2.24, 2.45) is 5.73 Å². The van der Waals surface area contributed by atoms with E-state index in [1.165, 1.54) is 0 Å². The Morgan fingerprint density at radius 2 is 1.66 bits per heavy atom. The minimum Gasteiger partial charge on any atom is -0.421 e. The second-order valence-electron chi connectivity index (χ2n) is 9.46. The molecule has 1 heterocycles. The summed E-state index contributed by atoms with van der Waals surface area (Å²) in [5.74, 6) is -0.753. The van der Waals surface area contributed by atoms with Gasteiger partial charge in [-0.1, -0.05) is 36.4 Å². The molecule has 0 spiro atoms. The monoisotopic (exact) mass is 507 g/mol. The van der Waals surface area contributed by atoms with Gasteiger partial charge in [-0.15, -0.1) is 0 Å². The number of ether oxygens (including phenoxy) is 1. The summed E-state index contributed by atoms with van der Waals surface area (Å²) in [5, 5.41) is 31.7. The fourth-order valence-electron chi connectivity index (χ4n) is 4.91. The van der Waals surface area contributed by atoms with Crippen LogP contribution in [0.2, 0.25) is 0 Å². The third kappa shape index (κ3) is 5.26. The third-order valence-corrected chi connectivity index (χ3v) is 6.91. The average Bonchev–Trinajstić information content (AvgIpc) is 2.94. The van der Waals surface area contributed by atoms with Gasteiger partial charge < -0.3 is 20.9 Å². The van der Waals surface area contributed by atoms with Gasteiger partial charge in [0, 0.05) is 40.0 Å². The van der Waals surface area contributed by atoms with E-state index in [1.807, 2.05) is 48.5 Å². The number of aliphatic hydroxyl groups is 1. The third-order valence-electron chi connectivity index (χ3n) is 6.91. The molecule has 6 N–H and O–H groups in total. The number of anilines is 1. The van der Waals surface area contributed by atoms with Crippen molar-refractivity contribution < 1.29 is 14.6 Å². The number of nitrogens with one attached hydrogen (secondary N) is 3. The number of primary amides is 1. The smallest absolute Gasteiger partial charge is 0.250 e. The van der Waals surface area contributed by atoms with Crippen molar-refractivity contribution in [3.05, 3.63) is 95.7 Å². The molecule has 1 amide bonds. The Morgan fingerprint density at radius 1 is 0.895 bits per heavy atom. The Morgan fingerprint density at radius 3 is 2.39 bits per heavy atom. The Balaban J connectivity index is 1.48. The minimum absolute atomic E-state index is 0.102. The van der Waals surface area contributed by atoms with Crippen molar-refractivity contribution >= 4 is 34.2 Å². The lowest BCUT2D eigenvalue weighted by atomic mass is 9.92. The van der Waals surface area contributed by atoms with Gasteiger partial charge in [-0.05, 0) is 67.5 Å². The van der Waals surface area contributed by atoms with Gasteiger partial charge in [0.15, 0.2) is 0 Å². The van der Waals surface area contributed by atoms with Crippen LogP contribution in [0.25, 0.3) is 22.0 Å². The van der Waals surface area contributed by atoms with Crippen molar-refractivity contribution in [2.45, 2.75) is 37.8 Å². The molecule has 0 unspecified atom stereocenters. The molecule has 1 fully saturated rings. The molecule has 8 heteroatoms. The molecule has 1 aromatic heterocycles. The number of amides is 1. The number of carbonyl (C=O) groups excluding carboxylic acids is 1. The lowest BCUT2D eigenvalue weighted by molar-refractivity contribution is 0.100. The normalized spacial score (nSPS) is 17.1. The van der Waals surface area contributed by atoms with E-state index in [0.717, 1.165) is 29.2 Å². The number of hydrogen-bond acceptors (Lipinski definition) is 7. The highest BCUT2D eigenvalue weighted by molar-refractivity contribution is 6.13. The van der Waals surface area contributed by atoms with E-state index >= 15 is 0 Å². The number of aromatic nitrogens is 1. The van der Waals surface area contributed by atoms with Gasteiger partial charge in [0.05, 0.1) is 17.4 Å². The second kappa shape index (κ2) is 10.8. The Hall–Kier alpha value is -4.56. The summed E-state index contributed by atoms with van der Waals surface area (Å²) < 4.78 is 5.60. The van der Waals surface area contributed by atoms with Gasteiger partial charge in [0.1, 0.15) is 0 Å². The Bertz CT molecular complexity index is 1510. The number of pyridine rings is 1. The van der Waals surface area contributed by atoms with E-state index in [9.17, 15) is 9.90 Å².